The Morgan fingerprint density at radius 3 is 2.02 bits per heavy atom. The molecule has 3 atom stereocenters. The van der Waals surface area contributed by atoms with Gasteiger partial charge in [0, 0.05) is 28.9 Å². The number of allylic oxidation sites excluding steroid dienone is 9. The molecule has 282 valence electrons. The topological polar surface area (TPSA) is 16.1 Å². The van der Waals surface area contributed by atoms with E-state index in [1.54, 1.807) is 5.56 Å². The van der Waals surface area contributed by atoms with Crippen molar-refractivity contribution in [3.05, 3.63) is 178 Å². The highest BCUT2D eigenvalue weighted by molar-refractivity contribution is 5.73. The van der Waals surface area contributed by atoms with Crippen molar-refractivity contribution in [1.29, 1.82) is 0 Å². The largest absolute Gasteiger partial charge is 0.331 e. The summed E-state index contributed by atoms with van der Waals surface area (Å²) in [5, 5.41) is 0. The molecule has 0 spiro atoms. The second kappa shape index (κ2) is 16.0. The van der Waals surface area contributed by atoms with Crippen molar-refractivity contribution in [2.75, 3.05) is 4.90 Å². The fraction of sp³-hybridized carbons (Fsp3) is 0.340. The summed E-state index contributed by atoms with van der Waals surface area (Å²) in [5.41, 5.74) is 12.9. The number of hydrogen-bond donors (Lipinski definition) is 0. The highest BCUT2D eigenvalue weighted by Gasteiger charge is 2.50. The molecule has 3 aromatic carbocycles. The minimum absolute atomic E-state index is 0.105. The zero-order chi connectivity index (χ0) is 38.6. The third-order valence-corrected chi connectivity index (χ3v) is 13.5. The summed E-state index contributed by atoms with van der Waals surface area (Å²) in [6, 6.07) is 31.8. The molecule has 0 aliphatic heterocycles. The van der Waals surface area contributed by atoms with Crippen LogP contribution in [0.4, 0.5) is 11.4 Å². The predicted molar refractivity (Wildman–Crippen MR) is 238 cm³/mol. The number of fused-ring (bicyclic) bond motifs is 3. The van der Waals surface area contributed by atoms with Gasteiger partial charge >= 0.3 is 0 Å². The molecule has 0 N–H and O–H groups in total. The molecule has 2 nitrogen and oxygen atoms in total. The molecular weight excluding hydrogens is 665 g/mol. The Hall–Kier alpha value is -4.95. The Morgan fingerprint density at radius 1 is 0.745 bits per heavy atom. The SMILES string of the molecule is CCC(C)(C)C1=CC2C(C=C1)c1ccc(C(C)(CC)N(c3ccc(/C=C/C4=CCCC=C4)cc3)c3ccc(/C=C/c4ccccn4)cc3)cc1C2(CC)CC. The molecular formula is C53H60N2. The van der Waals surface area contributed by atoms with Crippen LogP contribution in [0.15, 0.2) is 145 Å². The van der Waals surface area contributed by atoms with Gasteiger partial charge in [-0.05, 0) is 138 Å². The highest BCUT2D eigenvalue weighted by Crippen LogP contribution is 2.59. The van der Waals surface area contributed by atoms with Crippen LogP contribution in [0.3, 0.4) is 0 Å². The second-order valence-corrected chi connectivity index (χ2v) is 16.7. The van der Waals surface area contributed by atoms with E-state index in [-0.39, 0.29) is 16.4 Å². The van der Waals surface area contributed by atoms with Crippen LogP contribution in [-0.2, 0) is 11.0 Å². The molecule has 0 bridgehead atoms. The number of hydrogen-bond acceptors (Lipinski definition) is 2. The van der Waals surface area contributed by atoms with E-state index < -0.39 is 0 Å². The van der Waals surface area contributed by atoms with Gasteiger partial charge in [0.05, 0.1) is 11.2 Å². The number of benzene rings is 3. The molecule has 2 heteroatoms. The molecule has 1 heterocycles. The maximum Gasteiger partial charge on any atom is 0.0671 e. The van der Waals surface area contributed by atoms with E-state index >= 15 is 0 Å². The first kappa shape index (κ1) is 38.3. The lowest BCUT2D eigenvalue weighted by Crippen LogP contribution is -2.41. The summed E-state index contributed by atoms with van der Waals surface area (Å²) in [4.78, 5) is 7.07. The Balaban J connectivity index is 1.30. The maximum absolute atomic E-state index is 4.48. The van der Waals surface area contributed by atoms with E-state index in [2.05, 4.69) is 186 Å². The smallest absolute Gasteiger partial charge is 0.0671 e. The maximum atomic E-state index is 4.48. The van der Waals surface area contributed by atoms with Gasteiger partial charge in [-0.3, -0.25) is 4.98 Å². The molecule has 1 aromatic heterocycles. The van der Waals surface area contributed by atoms with Crippen LogP contribution in [-0.4, -0.2) is 4.98 Å². The Bertz CT molecular complexity index is 2130. The van der Waals surface area contributed by atoms with Gasteiger partial charge < -0.3 is 4.90 Å². The molecule has 0 amide bonds. The van der Waals surface area contributed by atoms with Crippen LogP contribution in [0.5, 0.6) is 0 Å². The second-order valence-electron chi connectivity index (χ2n) is 16.7. The lowest BCUT2D eigenvalue weighted by molar-refractivity contribution is 0.298. The van der Waals surface area contributed by atoms with Crippen LogP contribution >= 0.6 is 0 Å². The molecule has 7 rings (SSSR count). The standard InChI is InChI=1S/C53H60N2/c1-8-51(5,6)42-27-34-47-48-35-28-43(38-50(48)53(10-3,11-4)49(47)37-42)52(7,9-2)55(45-30-23-40(24-31-45)21-20-39-17-13-12-14-18-39)46-32-25-41(26-33-46)22-29-44-19-15-16-36-54-44/h13,15-38,47,49H,8-12,14H2,1-7H3/b21-20+,29-22+. The van der Waals surface area contributed by atoms with Crippen molar-refractivity contribution in [1.82, 2.24) is 4.98 Å². The predicted octanol–water partition coefficient (Wildman–Crippen LogP) is 14.7. The van der Waals surface area contributed by atoms with E-state index in [1.807, 2.05) is 24.4 Å². The third kappa shape index (κ3) is 7.41. The van der Waals surface area contributed by atoms with Crippen molar-refractivity contribution in [2.24, 2.45) is 11.3 Å². The number of aromatic nitrogens is 1. The molecule has 3 aliphatic rings. The van der Waals surface area contributed by atoms with E-state index in [0.717, 1.165) is 49.8 Å². The van der Waals surface area contributed by atoms with Gasteiger partial charge in [-0.25, -0.2) is 0 Å². The highest BCUT2D eigenvalue weighted by atomic mass is 15.2. The lowest BCUT2D eigenvalue weighted by atomic mass is 9.65. The van der Waals surface area contributed by atoms with Crippen LogP contribution in [0.2, 0.25) is 0 Å². The molecule has 0 fully saturated rings. The first-order chi connectivity index (χ1) is 26.7. The van der Waals surface area contributed by atoms with Gasteiger partial charge in [0.2, 0.25) is 0 Å². The lowest BCUT2D eigenvalue weighted by Gasteiger charge is -2.44. The van der Waals surface area contributed by atoms with Gasteiger partial charge in [-0.2, -0.15) is 0 Å². The summed E-state index contributed by atoms with van der Waals surface area (Å²) in [5.74, 6) is 0.909. The number of pyridine rings is 1. The summed E-state index contributed by atoms with van der Waals surface area (Å²) < 4.78 is 0. The number of anilines is 2. The summed E-state index contributed by atoms with van der Waals surface area (Å²) in [7, 11) is 0. The van der Waals surface area contributed by atoms with Crippen LogP contribution in [0.25, 0.3) is 18.2 Å². The summed E-state index contributed by atoms with van der Waals surface area (Å²) >= 11 is 0. The van der Waals surface area contributed by atoms with Gasteiger partial charge in [0.15, 0.2) is 0 Å². The Kier molecular flexibility index (Phi) is 11.2. The number of nitrogens with zero attached hydrogens (tertiary/aromatic N) is 2. The molecule has 55 heavy (non-hydrogen) atoms. The van der Waals surface area contributed by atoms with Crippen molar-refractivity contribution in [3.63, 3.8) is 0 Å². The molecule has 3 unspecified atom stereocenters. The average molecular weight is 725 g/mol. The minimum Gasteiger partial charge on any atom is -0.331 e. The first-order valence-corrected chi connectivity index (χ1v) is 20.9. The zero-order valence-corrected chi connectivity index (χ0v) is 34.2. The fourth-order valence-corrected chi connectivity index (χ4v) is 9.32. The quantitative estimate of drug-likeness (QED) is 0.136. The molecule has 3 aliphatic carbocycles. The normalized spacial score (nSPS) is 19.9. The van der Waals surface area contributed by atoms with Crippen LogP contribution in [0.1, 0.15) is 126 Å². The Morgan fingerprint density at radius 2 is 1.44 bits per heavy atom. The zero-order valence-electron chi connectivity index (χ0n) is 34.2. The van der Waals surface area contributed by atoms with Crippen LogP contribution in [0, 0.1) is 11.3 Å². The van der Waals surface area contributed by atoms with E-state index in [4.69, 9.17) is 0 Å². The van der Waals surface area contributed by atoms with E-state index in [1.165, 1.54) is 39.2 Å². The van der Waals surface area contributed by atoms with Gasteiger partial charge in [0.1, 0.15) is 0 Å². The van der Waals surface area contributed by atoms with Crippen molar-refractivity contribution < 1.29 is 0 Å². The molecule has 0 saturated heterocycles. The van der Waals surface area contributed by atoms with Gasteiger partial charge in [-0.15, -0.1) is 0 Å². The number of rotatable bonds is 13. The van der Waals surface area contributed by atoms with Crippen molar-refractivity contribution in [3.8, 4) is 0 Å². The minimum atomic E-state index is -0.308. The van der Waals surface area contributed by atoms with Crippen molar-refractivity contribution >= 4 is 29.6 Å². The van der Waals surface area contributed by atoms with Gasteiger partial charge in [-0.1, -0.05) is 145 Å². The van der Waals surface area contributed by atoms with Gasteiger partial charge in [0.25, 0.3) is 0 Å². The molecule has 0 radical (unpaired) electrons. The molecule has 0 saturated carbocycles. The monoisotopic (exact) mass is 724 g/mol. The molecule has 4 aromatic rings. The summed E-state index contributed by atoms with van der Waals surface area (Å²) in [6.45, 7) is 16.8. The first-order valence-electron chi connectivity index (χ1n) is 20.9. The van der Waals surface area contributed by atoms with E-state index in [0.29, 0.717) is 11.8 Å². The van der Waals surface area contributed by atoms with Crippen LogP contribution < -0.4 is 4.90 Å². The van der Waals surface area contributed by atoms with Crippen molar-refractivity contribution in [2.45, 2.75) is 104 Å². The average Bonchev–Trinajstić information content (AvgIpc) is 3.52. The third-order valence-electron chi connectivity index (χ3n) is 13.5. The Labute approximate surface area is 331 Å². The summed E-state index contributed by atoms with van der Waals surface area (Å²) in [6.07, 6.45) is 31.6. The van der Waals surface area contributed by atoms with E-state index in [9.17, 15) is 0 Å². The fourth-order valence-electron chi connectivity index (χ4n) is 9.32.